The Morgan fingerprint density at radius 3 is 2.36 bits per heavy atom. The predicted molar refractivity (Wildman–Crippen MR) is 188 cm³/mol. The third kappa shape index (κ3) is 6.81. The quantitative estimate of drug-likeness (QED) is 0.243. The van der Waals surface area contributed by atoms with E-state index in [9.17, 15) is 14.4 Å². The fourth-order valence-corrected chi connectivity index (χ4v) is 7.95. The van der Waals surface area contributed by atoms with Gasteiger partial charge in [0, 0.05) is 68.5 Å². The van der Waals surface area contributed by atoms with Crippen LogP contribution in [0.2, 0.25) is 0 Å². The molecule has 2 amide bonds. The smallest absolute Gasteiger partial charge is 0.259 e. The molecule has 1 atom stereocenters. The SMILES string of the molecule is COc1cc(-c2cn(C)c(=O)c3cnccc23)cc(F)c1CN1CCC(C2CCN(c3ccc(NC4CCC(=O)NC4=O)cc3F)CC2)CC1. The van der Waals surface area contributed by atoms with Crippen molar-refractivity contribution in [1.82, 2.24) is 19.8 Å². The molecular weight excluding hydrogens is 642 g/mol. The van der Waals surface area contributed by atoms with E-state index in [0.29, 0.717) is 63.8 Å². The molecule has 12 heteroatoms. The number of carbonyl (C=O) groups is 2. The van der Waals surface area contributed by atoms with Gasteiger partial charge in [-0.2, -0.15) is 0 Å². The number of amides is 2. The standard InChI is InChI=1S/C38H42F2N6O4/c1-44-21-29(27-7-12-41-20-28(27)38(44)49)25-17-31(39)30(35(18-25)50-2)22-45-13-8-23(9-14-45)24-10-15-46(16-11-24)34-5-3-26(19-32(34)40)42-33-4-6-36(47)43-37(33)48/h3,5,7,12,17-21,23-24,33,42H,4,6,8-11,13-16,22H2,1-2H3,(H,43,47,48). The van der Waals surface area contributed by atoms with Crippen molar-refractivity contribution in [3.63, 3.8) is 0 Å². The van der Waals surface area contributed by atoms with Crippen molar-refractivity contribution in [3.8, 4) is 16.9 Å². The van der Waals surface area contributed by atoms with Crippen LogP contribution in [0, 0.1) is 23.5 Å². The molecule has 4 aromatic rings. The number of halogens is 2. The number of piperidine rings is 3. The molecular formula is C38H42F2N6O4. The molecule has 3 saturated heterocycles. The topological polar surface area (TPSA) is 109 Å². The van der Waals surface area contributed by atoms with Crippen molar-refractivity contribution in [1.29, 1.82) is 0 Å². The Labute approximate surface area is 289 Å². The number of fused-ring (bicyclic) bond motifs is 1. The summed E-state index contributed by atoms with van der Waals surface area (Å²) in [5.74, 6) is 0.279. The van der Waals surface area contributed by atoms with Gasteiger partial charge in [-0.05, 0) is 104 Å². The number of anilines is 2. The number of hydrogen-bond acceptors (Lipinski definition) is 8. The molecule has 0 radical (unpaired) electrons. The van der Waals surface area contributed by atoms with Gasteiger partial charge in [0.05, 0.1) is 18.2 Å². The number of likely N-dealkylation sites (tertiary alicyclic amines) is 1. The number of rotatable bonds is 8. The van der Waals surface area contributed by atoms with Crippen LogP contribution in [0.3, 0.4) is 0 Å². The molecule has 50 heavy (non-hydrogen) atoms. The molecule has 2 N–H and O–H groups in total. The zero-order valence-corrected chi connectivity index (χ0v) is 28.4. The summed E-state index contributed by atoms with van der Waals surface area (Å²) < 4.78 is 38.2. The second kappa shape index (κ2) is 14.2. The summed E-state index contributed by atoms with van der Waals surface area (Å²) in [6.07, 6.45) is 9.57. The van der Waals surface area contributed by atoms with Crippen molar-refractivity contribution >= 4 is 34.0 Å². The van der Waals surface area contributed by atoms with Crippen molar-refractivity contribution in [3.05, 3.63) is 82.5 Å². The normalized spacial score (nSPS) is 19.5. The number of ether oxygens (including phenoxy) is 1. The van der Waals surface area contributed by atoms with Gasteiger partial charge in [-0.25, -0.2) is 8.78 Å². The number of imide groups is 1. The molecule has 3 fully saturated rings. The number of hydrogen-bond donors (Lipinski definition) is 2. The molecule has 262 valence electrons. The van der Waals surface area contributed by atoms with Crippen LogP contribution in [0.25, 0.3) is 21.9 Å². The first kappa shape index (κ1) is 33.6. The van der Waals surface area contributed by atoms with E-state index in [0.717, 1.165) is 57.4 Å². The van der Waals surface area contributed by atoms with E-state index in [1.807, 2.05) is 6.07 Å². The average molecular weight is 685 g/mol. The van der Waals surface area contributed by atoms with Crippen LogP contribution in [-0.4, -0.2) is 65.6 Å². The number of methoxy groups -OCH3 is 1. The van der Waals surface area contributed by atoms with Crippen LogP contribution in [0.15, 0.2) is 59.8 Å². The van der Waals surface area contributed by atoms with Gasteiger partial charge in [0.25, 0.3) is 5.56 Å². The third-order valence-electron chi connectivity index (χ3n) is 10.8. The van der Waals surface area contributed by atoms with E-state index in [1.165, 1.54) is 16.7 Å². The summed E-state index contributed by atoms with van der Waals surface area (Å²) in [5.41, 5.74) is 2.83. The second-order valence-corrected chi connectivity index (χ2v) is 13.8. The largest absolute Gasteiger partial charge is 0.496 e. The van der Waals surface area contributed by atoms with Gasteiger partial charge in [-0.3, -0.25) is 29.6 Å². The first-order valence-electron chi connectivity index (χ1n) is 17.4. The highest BCUT2D eigenvalue weighted by Crippen LogP contribution is 2.37. The summed E-state index contributed by atoms with van der Waals surface area (Å²) >= 11 is 0. The van der Waals surface area contributed by atoms with E-state index in [4.69, 9.17) is 4.74 Å². The van der Waals surface area contributed by atoms with E-state index in [2.05, 4.69) is 25.4 Å². The molecule has 10 nitrogen and oxygen atoms in total. The fraction of sp³-hybridized carbons (Fsp3) is 0.421. The van der Waals surface area contributed by atoms with Crippen molar-refractivity contribution in [2.45, 2.75) is 51.1 Å². The summed E-state index contributed by atoms with van der Waals surface area (Å²) in [6, 6.07) is 9.59. The van der Waals surface area contributed by atoms with Crippen LogP contribution in [0.4, 0.5) is 20.2 Å². The minimum absolute atomic E-state index is 0.156. The Hall–Kier alpha value is -4.84. The van der Waals surface area contributed by atoms with Crippen LogP contribution < -0.4 is 25.8 Å². The van der Waals surface area contributed by atoms with Gasteiger partial charge in [-0.15, -0.1) is 0 Å². The maximum Gasteiger partial charge on any atom is 0.259 e. The van der Waals surface area contributed by atoms with Crippen LogP contribution in [-0.2, 0) is 23.2 Å². The van der Waals surface area contributed by atoms with Gasteiger partial charge in [0.1, 0.15) is 23.4 Å². The second-order valence-electron chi connectivity index (χ2n) is 13.8. The lowest BCUT2D eigenvalue weighted by atomic mass is 9.78. The molecule has 2 aromatic carbocycles. The van der Waals surface area contributed by atoms with Gasteiger partial charge >= 0.3 is 0 Å². The number of carbonyl (C=O) groups excluding carboxylic acids is 2. The fourth-order valence-electron chi connectivity index (χ4n) is 7.95. The first-order valence-corrected chi connectivity index (χ1v) is 17.4. The summed E-state index contributed by atoms with van der Waals surface area (Å²) in [5, 5.41) is 6.56. The average Bonchev–Trinajstić information content (AvgIpc) is 3.12. The van der Waals surface area contributed by atoms with E-state index >= 15 is 8.78 Å². The number of nitrogens with zero attached hydrogens (tertiary/aromatic N) is 4. The van der Waals surface area contributed by atoms with Gasteiger partial charge in [-0.1, -0.05) is 0 Å². The minimum atomic E-state index is -0.556. The first-order chi connectivity index (χ1) is 24.2. The van der Waals surface area contributed by atoms with Crippen LogP contribution >= 0.6 is 0 Å². The molecule has 1 unspecified atom stereocenters. The highest BCUT2D eigenvalue weighted by Gasteiger charge is 2.31. The third-order valence-corrected chi connectivity index (χ3v) is 10.8. The van der Waals surface area contributed by atoms with Gasteiger partial charge in [0.2, 0.25) is 11.8 Å². The Balaban J connectivity index is 0.942. The number of aryl methyl sites for hydroxylation is 1. The highest BCUT2D eigenvalue weighted by atomic mass is 19.1. The Morgan fingerprint density at radius 1 is 0.920 bits per heavy atom. The lowest BCUT2D eigenvalue weighted by Crippen LogP contribution is -2.47. The zero-order chi connectivity index (χ0) is 34.9. The Bertz CT molecular complexity index is 1980. The van der Waals surface area contributed by atoms with Crippen molar-refractivity contribution < 1.29 is 23.1 Å². The molecule has 7 rings (SSSR count). The van der Waals surface area contributed by atoms with E-state index < -0.39 is 6.04 Å². The van der Waals surface area contributed by atoms with E-state index in [-0.39, 0.29) is 35.4 Å². The number of aromatic nitrogens is 2. The molecule has 0 aliphatic carbocycles. The lowest BCUT2D eigenvalue weighted by molar-refractivity contribution is -0.133. The van der Waals surface area contributed by atoms with Crippen molar-refractivity contribution in [2.75, 3.05) is 43.5 Å². The maximum atomic E-state index is 15.8. The molecule has 5 heterocycles. The monoisotopic (exact) mass is 684 g/mol. The highest BCUT2D eigenvalue weighted by molar-refractivity contribution is 6.01. The summed E-state index contributed by atoms with van der Waals surface area (Å²) in [6.45, 7) is 3.73. The van der Waals surface area contributed by atoms with E-state index in [1.54, 1.807) is 50.9 Å². The van der Waals surface area contributed by atoms with Crippen LogP contribution in [0.1, 0.15) is 44.1 Å². The molecule has 3 aliphatic heterocycles. The maximum absolute atomic E-state index is 15.8. The molecule has 0 saturated carbocycles. The lowest BCUT2D eigenvalue weighted by Gasteiger charge is -2.41. The predicted octanol–water partition coefficient (Wildman–Crippen LogP) is 5.23. The Morgan fingerprint density at radius 2 is 1.66 bits per heavy atom. The van der Waals surface area contributed by atoms with Gasteiger partial charge < -0.3 is 19.5 Å². The summed E-state index contributed by atoms with van der Waals surface area (Å²) in [4.78, 5) is 44.7. The molecule has 2 aromatic heterocycles. The van der Waals surface area contributed by atoms with Gasteiger partial charge in [0.15, 0.2) is 0 Å². The molecule has 0 spiro atoms. The summed E-state index contributed by atoms with van der Waals surface area (Å²) in [7, 11) is 3.24. The Kier molecular flexibility index (Phi) is 9.54. The minimum Gasteiger partial charge on any atom is -0.496 e. The molecule has 0 bridgehead atoms. The number of benzene rings is 2. The number of nitrogens with one attached hydrogen (secondary N) is 2. The number of pyridine rings is 2. The van der Waals surface area contributed by atoms with Crippen LogP contribution in [0.5, 0.6) is 5.75 Å². The van der Waals surface area contributed by atoms with Crippen molar-refractivity contribution in [2.24, 2.45) is 18.9 Å². The zero-order valence-electron chi connectivity index (χ0n) is 28.4. The molecule has 3 aliphatic rings.